The molecule has 1 atom stereocenters. The molecule has 17 heavy (non-hydrogen) atoms. The number of aryl methyl sites for hydroxylation is 1. The van der Waals surface area contributed by atoms with E-state index >= 15 is 0 Å². The maximum atomic E-state index is 13.2. The van der Waals surface area contributed by atoms with Gasteiger partial charge in [-0.1, -0.05) is 17.7 Å². The highest BCUT2D eigenvalue weighted by Gasteiger charge is 2.13. The maximum Gasteiger partial charge on any atom is 0.303 e. The summed E-state index contributed by atoms with van der Waals surface area (Å²) in [6, 6.07) is 2.49. The molecule has 1 unspecified atom stereocenters. The number of carboxylic acids is 1. The summed E-state index contributed by atoms with van der Waals surface area (Å²) in [7, 11) is 0. The molecule has 3 N–H and O–H groups in total. The smallest absolute Gasteiger partial charge is 0.303 e. The maximum absolute atomic E-state index is 13.2. The van der Waals surface area contributed by atoms with E-state index in [9.17, 15) is 9.18 Å². The van der Waals surface area contributed by atoms with Gasteiger partial charge < -0.3 is 10.8 Å². The molecule has 3 nitrogen and oxygen atoms in total. The van der Waals surface area contributed by atoms with Crippen molar-refractivity contribution in [1.29, 1.82) is 0 Å². The third kappa shape index (κ3) is 3.98. The monoisotopic (exact) mass is 259 g/mol. The van der Waals surface area contributed by atoms with Crippen molar-refractivity contribution in [1.82, 2.24) is 0 Å². The number of carboxylic acid groups (broad SMARTS) is 1. The van der Waals surface area contributed by atoms with Crippen molar-refractivity contribution >= 4 is 17.6 Å². The van der Waals surface area contributed by atoms with E-state index in [2.05, 4.69) is 0 Å². The van der Waals surface area contributed by atoms with Crippen LogP contribution in [0.25, 0.3) is 0 Å². The molecule has 5 heteroatoms. The van der Waals surface area contributed by atoms with E-state index in [0.717, 1.165) is 0 Å². The third-order valence-corrected chi connectivity index (χ3v) is 2.91. The first-order valence-corrected chi connectivity index (χ1v) is 5.72. The van der Waals surface area contributed by atoms with Gasteiger partial charge in [0.1, 0.15) is 5.82 Å². The third-order valence-electron chi connectivity index (χ3n) is 2.58. The van der Waals surface area contributed by atoms with Crippen molar-refractivity contribution in [2.45, 2.75) is 32.2 Å². The summed E-state index contributed by atoms with van der Waals surface area (Å²) in [6.07, 6.45) is 1.06. The van der Waals surface area contributed by atoms with Crippen molar-refractivity contribution < 1.29 is 14.3 Å². The van der Waals surface area contributed by atoms with Crippen LogP contribution in [-0.4, -0.2) is 11.1 Å². The highest BCUT2D eigenvalue weighted by molar-refractivity contribution is 6.31. The Balaban J connectivity index is 2.71. The van der Waals surface area contributed by atoms with Gasteiger partial charge in [-0.15, -0.1) is 0 Å². The second-order valence-electron chi connectivity index (χ2n) is 4.02. The molecule has 0 aliphatic carbocycles. The van der Waals surface area contributed by atoms with Gasteiger partial charge in [0.25, 0.3) is 0 Å². The number of rotatable bonds is 5. The molecule has 0 aliphatic heterocycles. The molecule has 0 spiro atoms. The molecule has 1 aromatic rings. The summed E-state index contributed by atoms with van der Waals surface area (Å²) in [6.45, 7) is 1.64. The number of aliphatic carboxylic acids is 1. The molecule has 1 aromatic carbocycles. The molecule has 0 amide bonds. The van der Waals surface area contributed by atoms with Gasteiger partial charge in [-0.2, -0.15) is 0 Å². The van der Waals surface area contributed by atoms with Crippen LogP contribution in [0.1, 0.15) is 36.4 Å². The highest BCUT2D eigenvalue weighted by atomic mass is 35.5. The molecule has 0 heterocycles. The number of halogens is 2. The Bertz CT molecular complexity index is 423. The second kappa shape index (κ2) is 5.98. The molecule has 0 fully saturated rings. The zero-order valence-electron chi connectivity index (χ0n) is 9.54. The first-order valence-electron chi connectivity index (χ1n) is 5.34. The SMILES string of the molecule is Cc1cc(C(N)CCCC(=O)O)c(Cl)cc1F. The minimum Gasteiger partial charge on any atom is -0.481 e. The zero-order chi connectivity index (χ0) is 13.0. The van der Waals surface area contributed by atoms with Crippen molar-refractivity contribution in [3.8, 4) is 0 Å². The van der Waals surface area contributed by atoms with Gasteiger partial charge in [0.15, 0.2) is 0 Å². The van der Waals surface area contributed by atoms with E-state index in [4.69, 9.17) is 22.4 Å². The quantitative estimate of drug-likeness (QED) is 0.854. The average molecular weight is 260 g/mol. The number of hydrogen-bond acceptors (Lipinski definition) is 2. The summed E-state index contributed by atoms with van der Waals surface area (Å²) in [5.41, 5.74) is 7.05. The topological polar surface area (TPSA) is 63.3 Å². The van der Waals surface area contributed by atoms with Crippen molar-refractivity contribution in [3.05, 3.63) is 34.1 Å². The minimum absolute atomic E-state index is 0.0749. The number of benzene rings is 1. The summed E-state index contributed by atoms with van der Waals surface area (Å²) in [5, 5.41) is 8.80. The molecule has 94 valence electrons. The fourth-order valence-corrected chi connectivity index (χ4v) is 1.88. The van der Waals surface area contributed by atoms with Crippen LogP contribution in [0.3, 0.4) is 0 Å². The molecule has 1 rings (SSSR count). The van der Waals surface area contributed by atoms with E-state index in [1.807, 2.05) is 0 Å². The van der Waals surface area contributed by atoms with E-state index in [1.54, 1.807) is 13.0 Å². The van der Waals surface area contributed by atoms with E-state index < -0.39 is 5.97 Å². The van der Waals surface area contributed by atoms with Crippen LogP contribution in [0.5, 0.6) is 0 Å². The van der Waals surface area contributed by atoms with E-state index in [0.29, 0.717) is 24.0 Å². The second-order valence-corrected chi connectivity index (χ2v) is 4.42. The van der Waals surface area contributed by atoms with Crippen LogP contribution in [-0.2, 0) is 4.79 Å². The predicted molar refractivity (Wildman–Crippen MR) is 64.6 cm³/mol. The standard InChI is InChI=1S/C12H15ClFNO2/c1-7-5-8(9(13)6-10(7)14)11(15)3-2-4-12(16)17/h5-6,11H,2-4,15H2,1H3,(H,16,17). The Morgan fingerprint density at radius 1 is 1.59 bits per heavy atom. The molecular formula is C12H15ClFNO2. The van der Waals surface area contributed by atoms with Gasteiger partial charge in [-0.3, -0.25) is 4.79 Å². The van der Waals surface area contributed by atoms with Crippen LogP contribution in [0.15, 0.2) is 12.1 Å². The van der Waals surface area contributed by atoms with Crippen molar-refractivity contribution in [2.24, 2.45) is 5.73 Å². The van der Waals surface area contributed by atoms with Gasteiger partial charge in [-0.05, 0) is 37.0 Å². The first-order chi connectivity index (χ1) is 7.91. The minimum atomic E-state index is -0.849. The average Bonchev–Trinajstić information content (AvgIpc) is 2.22. The number of nitrogens with two attached hydrogens (primary N) is 1. The lowest BCUT2D eigenvalue weighted by atomic mass is 10.00. The van der Waals surface area contributed by atoms with Crippen molar-refractivity contribution in [3.63, 3.8) is 0 Å². The van der Waals surface area contributed by atoms with Gasteiger partial charge in [-0.25, -0.2) is 4.39 Å². The zero-order valence-corrected chi connectivity index (χ0v) is 10.3. The predicted octanol–water partition coefficient (Wildman–Crippen LogP) is 3.04. The lowest BCUT2D eigenvalue weighted by Crippen LogP contribution is -2.12. The summed E-state index contributed by atoms with van der Waals surface area (Å²) in [4.78, 5) is 10.4. The Morgan fingerprint density at radius 3 is 2.82 bits per heavy atom. The van der Waals surface area contributed by atoms with Crippen LogP contribution in [0.4, 0.5) is 4.39 Å². The van der Waals surface area contributed by atoms with Crippen LogP contribution in [0.2, 0.25) is 5.02 Å². The first kappa shape index (κ1) is 13.9. The largest absolute Gasteiger partial charge is 0.481 e. The molecule has 0 saturated carbocycles. The summed E-state index contributed by atoms with van der Waals surface area (Å²) >= 11 is 5.90. The molecule has 0 aromatic heterocycles. The van der Waals surface area contributed by atoms with Crippen LogP contribution in [0, 0.1) is 12.7 Å². The molecular weight excluding hydrogens is 245 g/mol. The van der Waals surface area contributed by atoms with Crippen LogP contribution >= 0.6 is 11.6 Å². The van der Waals surface area contributed by atoms with Gasteiger partial charge in [0, 0.05) is 17.5 Å². The Labute approximate surface area is 104 Å². The number of carbonyl (C=O) groups is 1. The fraction of sp³-hybridized carbons (Fsp3) is 0.417. The van der Waals surface area contributed by atoms with E-state index in [-0.39, 0.29) is 23.3 Å². The van der Waals surface area contributed by atoms with Gasteiger partial charge in [0.2, 0.25) is 0 Å². The Hall–Kier alpha value is -1.13. The normalized spacial score (nSPS) is 12.5. The van der Waals surface area contributed by atoms with E-state index in [1.165, 1.54) is 6.07 Å². The molecule has 0 aliphatic rings. The summed E-state index contributed by atoms with van der Waals surface area (Å²) < 4.78 is 13.2. The Kier molecular flexibility index (Phi) is 4.90. The van der Waals surface area contributed by atoms with Crippen molar-refractivity contribution in [2.75, 3.05) is 0 Å². The van der Waals surface area contributed by atoms with Gasteiger partial charge in [0.05, 0.1) is 0 Å². The summed E-state index contributed by atoms with van der Waals surface area (Å²) in [5.74, 6) is -1.21. The lowest BCUT2D eigenvalue weighted by molar-refractivity contribution is -0.137. The van der Waals surface area contributed by atoms with Crippen LogP contribution < -0.4 is 5.73 Å². The molecule has 0 bridgehead atoms. The number of hydrogen-bond donors (Lipinski definition) is 2. The lowest BCUT2D eigenvalue weighted by Gasteiger charge is -2.14. The van der Waals surface area contributed by atoms with Gasteiger partial charge >= 0.3 is 5.97 Å². The molecule has 0 radical (unpaired) electrons. The Morgan fingerprint density at radius 2 is 2.24 bits per heavy atom. The molecule has 0 saturated heterocycles. The fourth-order valence-electron chi connectivity index (χ4n) is 1.59. The highest BCUT2D eigenvalue weighted by Crippen LogP contribution is 2.27.